The standard InChI is InChI=1S/C19H17NO5/c21-17-9-10-18(22)20(17)25-19(23)24-11-16-14-7-3-1-5-12(14)13-6-2-4-8-15(13)16/h1-7,15-16H,8-11H2. The normalized spacial score (nSPS) is 24.0. The molecule has 2 unspecified atom stereocenters. The number of hydrogen-bond donors (Lipinski definition) is 0. The molecule has 3 aliphatic rings. The predicted molar refractivity (Wildman–Crippen MR) is 87.9 cm³/mol. The lowest BCUT2D eigenvalue weighted by Gasteiger charge is -2.22. The van der Waals surface area contributed by atoms with Crippen LogP contribution in [0, 0.1) is 5.92 Å². The van der Waals surface area contributed by atoms with Gasteiger partial charge in [-0.3, -0.25) is 14.4 Å². The van der Waals surface area contributed by atoms with Crippen LogP contribution in [0.4, 0.5) is 4.79 Å². The van der Waals surface area contributed by atoms with E-state index in [-0.39, 0.29) is 31.3 Å². The van der Waals surface area contributed by atoms with Gasteiger partial charge >= 0.3 is 6.16 Å². The predicted octanol–water partition coefficient (Wildman–Crippen LogP) is 2.96. The molecule has 0 radical (unpaired) electrons. The van der Waals surface area contributed by atoms with Crippen LogP contribution in [0.5, 0.6) is 0 Å². The maximum Gasteiger partial charge on any atom is 0.533 e. The first-order valence-electron chi connectivity index (χ1n) is 8.31. The number of rotatable bonds is 3. The fourth-order valence-electron chi connectivity index (χ4n) is 3.74. The molecule has 0 aromatic heterocycles. The van der Waals surface area contributed by atoms with Crippen molar-refractivity contribution in [3.63, 3.8) is 0 Å². The van der Waals surface area contributed by atoms with E-state index in [9.17, 15) is 14.4 Å². The Morgan fingerprint density at radius 1 is 1.16 bits per heavy atom. The van der Waals surface area contributed by atoms with E-state index in [0.29, 0.717) is 5.06 Å². The van der Waals surface area contributed by atoms with E-state index in [2.05, 4.69) is 18.2 Å². The van der Waals surface area contributed by atoms with E-state index in [4.69, 9.17) is 9.57 Å². The number of allylic oxidation sites excluding steroid dienone is 4. The zero-order valence-electron chi connectivity index (χ0n) is 13.5. The fraction of sp³-hybridized carbons (Fsp3) is 0.316. The Balaban J connectivity index is 1.45. The Labute approximate surface area is 144 Å². The molecular formula is C19H17NO5. The number of hydroxylamine groups is 2. The molecule has 128 valence electrons. The zero-order valence-corrected chi connectivity index (χ0v) is 13.5. The average Bonchev–Trinajstić information content (AvgIpc) is 3.12. The first-order chi connectivity index (χ1) is 12.1. The highest BCUT2D eigenvalue weighted by molar-refractivity contribution is 6.01. The number of nitrogens with zero attached hydrogens (tertiary/aromatic N) is 1. The minimum atomic E-state index is -1.02. The van der Waals surface area contributed by atoms with Crippen LogP contribution < -0.4 is 0 Å². The largest absolute Gasteiger partial charge is 0.533 e. The number of hydrogen-bond acceptors (Lipinski definition) is 5. The highest BCUT2D eigenvalue weighted by Gasteiger charge is 2.38. The Kier molecular flexibility index (Phi) is 3.87. The smallest absolute Gasteiger partial charge is 0.432 e. The van der Waals surface area contributed by atoms with Gasteiger partial charge in [0.15, 0.2) is 0 Å². The lowest BCUT2D eigenvalue weighted by molar-refractivity contribution is -0.177. The van der Waals surface area contributed by atoms with E-state index in [1.807, 2.05) is 24.3 Å². The maximum absolute atomic E-state index is 11.9. The van der Waals surface area contributed by atoms with Crippen molar-refractivity contribution in [2.75, 3.05) is 6.61 Å². The maximum atomic E-state index is 11.9. The third kappa shape index (κ3) is 2.73. The summed E-state index contributed by atoms with van der Waals surface area (Å²) in [6.07, 6.45) is 6.23. The van der Waals surface area contributed by atoms with Gasteiger partial charge in [0.25, 0.3) is 11.8 Å². The van der Waals surface area contributed by atoms with Gasteiger partial charge in [-0.2, -0.15) is 0 Å². The van der Waals surface area contributed by atoms with Crippen molar-refractivity contribution in [2.24, 2.45) is 5.92 Å². The molecule has 0 bridgehead atoms. The van der Waals surface area contributed by atoms with E-state index in [0.717, 1.165) is 12.0 Å². The summed E-state index contributed by atoms with van der Waals surface area (Å²) in [4.78, 5) is 39.6. The number of fused-ring (bicyclic) bond motifs is 3. The second-order valence-corrected chi connectivity index (χ2v) is 6.32. The minimum Gasteiger partial charge on any atom is -0.432 e. The quantitative estimate of drug-likeness (QED) is 0.625. The van der Waals surface area contributed by atoms with Crippen LogP contribution in [0.1, 0.15) is 36.3 Å². The Bertz CT molecular complexity index is 794. The Morgan fingerprint density at radius 2 is 1.92 bits per heavy atom. The van der Waals surface area contributed by atoms with Crippen LogP contribution in [-0.2, 0) is 19.2 Å². The monoisotopic (exact) mass is 339 g/mol. The highest BCUT2D eigenvalue weighted by atomic mass is 16.8. The molecule has 6 nitrogen and oxygen atoms in total. The topological polar surface area (TPSA) is 72.9 Å². The molecule has 1 saturated heterocycles. The zero-order chi connectivity index (χ0) is 17.4. The fourth-order valence-corrected chi connectivity index (χ4v) is 3.74. The van der Waals surface area contributed by atoms with Crippen LogP contribution in [0.3, 0.4) is 0 Å². The summed E-state index contributed by atoms with van der Waals surface area (Å²) in [5, 5.41) is 0.500. The number of benzene rings is 1. The number of amides is 2. The van der Waals surface area contributed by atoms with Gasteiger partial charge in [-0.1, -0.05) is 47.6 Å². The summed E-state index contributed by atoms with van der Waals surface area (Å²) < 4.78 is 5.23. The van der Waals surface area contributed by atoms with Gasteiger partial charge in [0, 0.05) is 18.8 Å². The number of carbonyl (C=O) groups is 3. The summed E-state index contributed by atoms with van der Waals surface area (Å²) in [5.74, 6) is -0.748. The molecule has 2 atom stereocenters. The van der Waals surface area contributed by atoms with Crippen molar-refractivity contribution >= 4 is 23.5 Å². The van der Waals surface area contributed by atoms with Crippen LogP contribution in [-0.4, -0.2) is 29.6 Å². The minimum absolute atomic E-state index is 0.0323. The molecule has 6 heteroatoms. The van der Waals surface area contributed by atoms with Crippen molar-refractivity contribution in [1.29, 1.82) is 0 Å². The summed E-state index contributed by atoms with van der Waals surface area (Å²) in [6.45, 7) is 0.141. The van der Waals surface area contributed by atoms with E-state index < -0.39 is 18.0 Å². The van der Waals surface area contributed by atoms with Gasteiger partial charge in [-0.15, -0.1) is 0 Å². The van der Waals surface area contributed by atoms with Crippen molar-refractivity contribution in [3.05, 3.63) is 53.6 Å². The van der Waals surface area contributed by atoms with E-state index in [1.165, 1.54) is 11.1 Å². The van der Waals surface area contributed by atoms with Crippen LogP contribution in [0.25, 0.3) is 5.57 Å². The van der Waals surface area contributed by atoms with Crippen molar-refractivity contribution in [2.45, 2.75) is 25.2 Å². The molecule has 25 heavy (non-hydrogen) atoms. The Morgan fingerprint density at radius 3 is 2.72 bits per heavy atom. The molecule has 0 N–H and O–H groups in total. The number of ether oxygens (including phenoxy) is 1. The highest BCUT2D eigenvalue weighted by Crippen LogP contribution is 2.49. The number of imide groups is 1. The molecule has 1 aliphatic heterocycles. The first-order valence-corrected chi connectivity index (χ1v) is 8.31. The SMILES string of the molecule is O=C(OCC1c2ccccc2C2=CC=CCC21)ON1C(=O)CCC1=O. The average molecular weight is 339 g/mol. The number of carbonyl (C=O) groups excluding carboxylic acids is 3. The molecule has 2 aliphatic carbocycles. The van der Waals surface area contributed by atoms with E-state index >= 15 is 0 Å². The van der Waals surface area contributed by atoms with E-state index in [1.54, 1.807) is 0 Å². The van der Waals surface area contributed by atoms with Gasteiger partial charge in [-0.05, 0) is 29.0 Å². The molecule has 2 amide bonds. The summed E-state index contributed by atoms with van der Waals surface area (Å²) >= 11 is 0. The molecule has 1 heterocycles. The van der Waals surface area contributed by atoms with Crippen LogP contribution >= 0.6 is 0 Å². The van der Waals surface area contributed by atoms with Gasteiger partial charge < -0.3 is 4.74 Å². The third-order valence-corrected chi connectivity index (χ3v) is 4.91. The molecule has 4 rings (SSSR count). The summed E-state index contributed by atoms with van der Waals surface area (Å²) in [7, 11) is 0. The second-order valence-electron chi connectivity index (χ2n) is 6.32. The van der Waals surface area contributed by atoms with Crippen molar-refractivity contribution in [3.8, 4) is 0 Å². The molecule has 0 spiro atoms. The van der Waals surface area contributed by atoms with Crippen LogP contribution in [0.2, 0.25) is 0 Å². The Hall–Kier alpha value is -2.89. The second kappa shape index (κ2) is 6.20. The summed E-state index contributed by atoms with van der Waals surface area (Å²) in [6, 6.07) is 8.09. The van der Waals surface area contributed by atoms with Gasteiger partial charge in [0.1, 0.15) is 6.61 Å². The molecular weight excluding hydrogens is 322 g/mol. The molecule has 1 fully saturated rings. The first kappa shape index (κ1) is 15.6. The van der Waals surface area contributed by atoms with Gasteiger partial charge in [0.05, 0.1) is 0 Å². The van der Waals surface area contributed by atoms with Crippen molar-refractivity contribution in [1.82, 2.24) is 5.06 Å². The summed E-state index contributed by atoms with van der Waals surface area (Å²) in [5.41, 5.74) is 3.58. The lowest BCUT2D eigenvalue weighted by atomic mass is 9.86. The third-order valence-electron chi connectivity index (χ3n) is 4.91. The lowest BCUT2D eigenvalue weighted by Crippen LogP contribution is -2.33. The molecule has 0 saturated carbocycles. The van der Waals surface area contributed by atoms with Crippen molar-refractivity contribution < 1.29 is 24.0 Å². The van der Waals surface area contributed by atoms with Gasteiger partial charge in [-0.25, -0.2) is 4.79 Å². The van der Waals surface area contributed by atoms with Crippen LogP contribution in [0.15, 0.2) is 42.5 Å². The molecule has 1 aromatic rings. The van der Waals surface area contributed by atoms with Gasteiger partial charge in [0.2, 0.25) is 0 Å². The molecule has 1 aromatic carbocycles.